The molecule has 0 aliphatic carbocycles. The smallest absolute Gasteiger partial charge is 0.140 e. The molecule has 1 N–H and O–H groups in total. The van der Waals surface area contributed by atoms with Crippen molar-refractivity contribution in [3.63, 3.8) is 0 Å². The van der Waals surface area contributed by atoms with Crippen LogP contribution in [0.2, 0.25) is 0 Å². The molecular weight excluding hydrogens is 207 g/mol. The molecule has 0 spiro atoms. The Bertz CT molecular complexity index is 368. The van der Waals surface area contributed by atoms with Crippen molar-refractivity contribution in [2.45, 2.75) is 12.5 Å². The second-order valence-corrected chi connectivity index (χ2v) is 4.00. The minimum atomic E-state index is -2.52. The summed E-state index contributed by atoms with van der Waals surface area (Å²) >= 11 is 0. The quantitative estimate of drug-likeness (QED) is 0.737. The van der Waals surface area contributed by atoms with Crippen LogP contribution in [0.1, 0.15) is 18.1 Å². The molecular formula is C9H11FO3S. The van der Waals surface area contributed by atoms with Crippen LogP contribution in [-0.4, -0.2) is 19.3 Å². The molecule has 0 aliphatic rings. The van der Waals surface area contributed by atoms with Crippen LogP contribution >= 0.6 is 0 Å². The summed E-state index contributed by atoms with van der Waals surface area (Å²) in [7, 11) is -2.52. The lowest BCUT2D eigenvalue weighted by molar-refractivity contribution is 0.170. The first kappa shape index (κ1) is 11.1. The first-order valence-electron chi connectivity index (χ1n) is 4.15. The van der Waals surface area contributed by atoms with Gasteiger partial charge in [-0.1, -0.05) is 18.2 Å². The maximum Gasteiger partial charge on any atom is 0.140 e. The van der Waals surface area contributed by atoms with Gasteiger partial charge in [-0.3, -0.25) is 0 Å². The zero-order valence-electron chi connectivity index (χ0n) is 7.39. The molecule has 78 valence electrons. The van der Waals surface area contributed by atoms with Crippen molar-refractivity contribution in [2.24, 2.45) is 0 Å². The molecule has 1 aromatic rings. The maximum absolute atomic E-state index is 13.1. The standard InChI is InChI=1S/C9H11FO3S/c10-8-4-2-1-3-7(8)9(11)5-6-14(12)13/h1-4,9,11,14H,5-6H2. The Kier molecular flexibility index (Phi) is 4.03. The molecule has 0 saturated heterocycles. The van der Waals surface area contributed by atoms with E-state index >= 15 is 0 Å². The number of benzene rings is 1. The summed E-state index contributed by atoms with van der Waals surface area (Å²) in [5.41, 5.74) is 0.143. The van der Waals surface area contributed by atoms with E-state index in [4.69, 9.17) is 0 Å². The van der Waals surface area contributed by atoms with Crippen molar-refractivity contribution in [2.75, 3.05) is 5.75 Å². The van der Waals surface area contributed by atoms with Crippen LogP contribution in [-0.2, 0) is 10.7 Å². The summed E-state index contributed by atoms with van der Waals surface area (Å²) < 4.78 is 33.6. The van der Waals surface area contributed by atoms with Crippen LogP contribution in [0.25, 0.3) is 0 Å². The highest BCUT2D eigenvalue weighted by molar-refractivity contribution is 7.72. The summed E-state index contributed by atoms with van der Waals surface area (Å²) in [6.45, 7) is 0. The van der Waals surface area contributed by atoms with Crippen molar-refractivity contribution in [3.8, 4) is 0 Å². The number of hydrogen-bond acceptors (Lipinski definition) is 3. The zero-order chi connectivity index (χ0) is 10.6. The van der Waals surface area contributed by atoms with Gasteiger partial charge in [0.1, 0.15) is 16.5 Å². The van der Waals surface area contributed by atoms with Gasteiger partial charge in [-0.05, 0) is 12.5 Å². The third-order valence-electron chi connectivity index (χ3n) is 1.85. The van der Waals surface area contributed by atoms with Crippen LogP contribution in [0.4, 0.5) is 4.39 Å². The normalized spacial score (nSPS) is 13.1. The first-order valence-corrected chi connectivity index (χ1v) is 5.52. The lowest BCUT2D eigenvalue weighted by Crippen LogP contribution is -2.03. The molecule has 0 bridgehead atoms. The van der Waals surface area contributed by atoms with Crippen LogP contribution in [0.5, 0.6) is 0 Å². The topological polar surface area (TPSA) is 54.4 Å². The highest BCUT2D eigenvalue weighted by Crippen LogP contribution is 2.19. The molecule has 5 heteroatoms. The van der Waals surface area contributed by atoms with E-state index in [2.05, 4.69) is 0 Å². The third-order valence-corrected chi connectivity index (χ3v) is 2.47. The monoisotopic (exact) mass is 218 g/mol. The number of halogens is 1. The number of rotatable bonds is 4. The molecule has 1 rings (SSSR count). The molecule has 0 aliphatic heterocycles. The van der Waals surface area contributed by atoms with E-state index in [0.717, 1.165) is 0 Å². The predicted molar refractivity (Wildman–Crippen MR) is 51.2 cm³/mol. The molecule has 1 unspecified atom stereocenters. The molecule has 3 nitrogen and oxygen atoms in total. The minimum Gasteiger partial charge on any atom is -0.388 e. The van der Waals surface area contributed by atoms with E-state index in [1.807, 2.05) is 0 Å². The van der Waals surface area contributed by atoms with Crippen molar-refractivity contribution >= 4 is 10.7 Å². The summed E-state index contributed by atoms with van der Waals surface area (Å²) in [4.78, 5) is 0. The van der Waals surface area contributed by atoms with Gasteiger partial charge in [-0.25, -0.2) is 12.8 Å². The SMILES string of the molecule is O=[SH](=O)CCC(O)c1ccccc1F. The van der Waals surface area contributed by atoms with E-state index in [1.54, 1.807) is 6.07 Å². The van der Waals surface area contributed by atoms with E-state index < -0.39 is 22.6 Å². The van der Waals surface area contributed by atoms with E-state index in [9.17, 15) is 17.9 Å². The highest BCUT2D eigenvalue weighted by atomic mass is 32.2. The number of thiol groups is 1. The molecule has 0 saturated carbocycles. The van der Waals surface area contributed by atoms with Crippen LogP contribution in [0.15, 0.2) is 24.3 Å². The first-order chi connectivity index (χ1) is 6.61. The Morgan fingerprint density at radius 3 is 2.57 bits per heavy atom. The summed E-state index contributed by atoms with van der Waals surface area (Å²) in [6.07, 6.45) is -1.02. The van der Waals surface area contributed by atoms with E-state index in [-0.39, 0.29) is 17.7 Å². The Morgan fingerprint density at radius 1 is 1.36 bits per heavy atom. The van der Waals surface area contributed by atoms with Crippen LogP contribution in [0.3, 0.4) is 0 Å². The van der Waals surface area contributed by atoms with Gasteiger partial charge in [-0.15, -0.1) is 0 Å². The molecule has 1 atom stereocenters. The lowest BCUT2D eigenvalue weighted by atomic mass is 10.1. The van der Waals surface area contributed by atoms with Gasteiger partial charge in [0.25, 0.3) is 0 Å². The molecule has 0 aromatic heterocycles. The molecule has 14 heavy (non-hydrogen) atoms. The lowest BCUT2D eigenvalue weighted by Gasteiger charge is -2.09. The van der Waals surface area contributed by atoms with Gasteiger partial charge >= 0.3 is 0 Å². The van der Waals surface area contributed by atoms with Crippen LogP contribution in [0, 0.1) is 5.82 Å². The highest BCUT2D eigenvalue weighted by Gasteiger charge is 2.11. The number of aliphatic hydroxyl groups is 1. The van der Waals surface area contributed by atoms with Gasteiger partial charge in [0.2, 0.25) is 0 Å². The summed E-state index contributed by atoms with van der Waals surface area (Å²) in [5, 5.41) is 9.44. The largest absolute Gasteiger partial charge is 0.388 e. The fraction of sp³-hybridized carbons (Fsp3) is 0.333. The van der Waals surface area contributed by atoms with Crippen molar-refractivity contribution in [3.05, 3.63) is 35.6 Å². The van der Waals surface area contributed by atoms with E-state index in [1.165, 1.54) is 18.2 Å². The fourth-order valence-corrected chi connectivity index (χ4v) is 1.58. The molecule has 1 aromatic carbocycles. The van der Waals surface area contributed by atoms with Crippen molar-refractivity contribution in [1.82, 2.24) is 0 Å². The van der Waals surface area contributed by atoms with Crippen LogP contribution < -0.4 is 0 Å². The Morgan fingerprint density at radius 2 is 2.00 bits per heavy atom. The Balaban J connectivity index is 2.69. The third kappa shape index (κ3) is 3.08. The molecule has 0 fully saturated rings. The fourth-order valence-electron chi connectivity index (χ4n) is 1.13. The Labute approximate surface area is 83.1 Å². The van der Waals surface area contributed by atoms with Gasteiger partial charge in [0.05, 0.1) is 11.9 Å². The van der Waals surface area contributed by atoms with Gasteiger partial charge in [-0.2, -0.15) is 0 Å². The number of hydrogen-bond donors (Lipinski definition) is 2. The van der Waals surface area contributed by atoms with Crippen molar-refractivity contribution < 1.29 is 17.9 Å². The second kappa shape index (κ2) is 5.07. The molecule has 0 radical (unpaired) electrons. The van der Waals surface area contributed by atoms with Gasteiger partial charge in [0, 0.05) is 5.56 Å². The molecule has 0 heterocycles. The van der Waals surface area contributed by atoms with Gasteiger partial charge < -0.3 is 5.11 Å². The maximum atomic E-state index is 13.1. The average Bonchev–Trinajstić information content (AvgIpc) is 2.15. The average molecular weight is 218 g/mol. The van der Waals surface area contributed by atoms with E-state index in [0.29, 0.717) is 0 Å². The minimum absolute atomic E-state index is 0.0274. The van der Waals surface area contributed by atoms with Gasteiger partial charge in [0.15, 0.2) is 0 Å². The summed E-state index contributed by atoms with van der Waals surface area (Å²) in [6, 6.07) is 5.78. The molecule has 0 amide bonds. The Hall–Kier alpha value is -0.940. The predicted octanol–water partition coefficient (Wildman–Crippen LogP) is 0.861. The zero-order valence-corrected chi connectivity index (χ0v) is 8.28. The van der Waals surface area contributed by atoms with Crippen molar-refractivity contribution in [1.29, 1.82) is 0 Å². The summed E-state index contributed by atoms with van der Waals surface area (Å²) in [5.74, 6) is -0.647. The second-order valence-electron chi connectivity index (χ2n) is 2.88. The number of aliphatic hydroxyl groups excluding tert-OH is 1.